The number of ether oxygens (including phenoxy) is 1. The van der Waals surface area contributed by atoms with E-state index >= 15 is 0 Å². The Labute approximate surface area is 96.2 Å². The Morgan fingerprint density at radius 1 is 1.53 bits per heavy atom. The van der Waals surface area contributed by atoms with Gasteiger partial charge in [0, 0.05) is 4.88 Å². The van der Waals surface area contributed by atoms with Crippen molar-refractivity contribution in [3.8, 4) is 0 Å². The van der Waals surface area contributed by atoms with E-state index in [1.54, 1.807) is 19.1 Å². The molecule has 0 aromatic carbocycles. The highest BCUT2D eigenvalue weighted by Gasteiger charge is 2.13. The molecule has 82 valence electrons. The molecule has 1 amide bonds. The fraction of sp³-hybridized carbons (Fsp3) is 0.333. The monoisotopic (exact) mass is 247 g/mol. The third kappa shape index (κ3) is 3.89. The molecule has 0 atom stereocenters. The molecular formula is C9H10ClNO3S. The molecule has 0 aliphatic rings. The molecule has 0 aliphatic carbocycles. The van der Waals surface area contributed by atoms with Crippen molar-refractivity contribution in [2.24, 2.45) is 0 Å². The average molecular weight is 248 g/mol. The maximum absolute atomic E-state index is 11.1. The van der Waals surface area contributed by atoms with Crippen LogP contribution in [0.15, 0.2) is 12.1 Å². The first-order valence-electron chi connectivity index (χ1n) is 4.32. The number of amides is 1. The first-order valence-corrected chi connectivity index (χ1v) is 5.52. The smallest absolute Gasteiger partial charge is 0.396 e. The van der Waals surface area contributed by atoms with Crippen LogP contribution >= 0.6 is 22.9 Å². The third-order valence-electron chi connectivity index (χ3n) is 1.51. The molecule has 4 nitrogen and oxygen atoms in total. The highest BCUT2D eigenvalue weighted by Crippen LogP contribution is 2.20. The summed E-state index contributed by atoms with van der Waals surface area (Å²) in [6.45, 7) is 2.12. The molecule has 1 aromatic rings. The largest absolute Gasteiger partial charge is 0.459 e. The number of hydrogen-bond donors (Lipinski definition) is 1. The maximum atomic E-state index is 11.1. The zero-order valence-electron chi connectivity index (χ0n) is 8.08. The summed E-state index contributed by atoms with van der Waals surface area (Å²) in [5, 5.41) is 2.44. The fourth-order valence-electron chi connectivity index (χ4n) is 0.883. The molecule has 1 aromatic heterocycles. The van der Waals surface area contributed by atoms with E-state index in [2.05, 4.69) is 10.1 Å². The van der Waals surface area contributed by atoms with Crippen LogP contribution in [0.4, 0.5) is 0 Å². The number of esters is 1. The number of rotatable bonds is 3. The first-order chi connectivity index (χ1) is 7.13. The lowest BCUT2D eigenvalue weighted by atomic mass is 10.4. The van der Waals surface area contributed by atoms with Gasteiger partial charge in [0.1, 0.15) is 0 Å². The van der Waals surface area contributed by atoms with Crippen LogP contribution in [0.5, 0.6) is 0 Å². The molecule has 1 heterocycles. The summed E-state index contributed by atoms with van der Waals surface area (Å²) in [5.74, 6) is -1.60. The minimum atomic E-state index is -0.861. The minimum Gasteiger partial charge on any atom is -0.459 e. The van der Waals surface area contributed by atoms with Crippen molar-refractivity contribution < 1.29 is 14.3 Å². The molecule has 0 fully saturated rings. The molecule has 0 saturated carbocycles. The number of carbonyl (C=O) groups excluding carboxylic acids is 2. The number of hydrogen-bond acceptors (Lipinski definition) is 4. The van der Waals surface area contributed by atoms with E-state index in [-0.39, 0.29) is 13.2 Å². The van der Waals surface area contributed by atoms with Gasteiger partial charge in [-0.3, -0.25) is 4.79 Å². The van der Waals surface area contributed by atoms with Crippen LogP contribution < -0.4 is 5.32 Å². The summed E-state index contributed by atoms with van der Waals surface area (Å²) < 4.78 is 5.17. The highest BCUT2D eigenvalue weighted by atomic mass is 35.5. The van der Waals surface area contributed by atoms with E-state index < -0.39 is 11.9 Å². The Morgan fingerprint density at radius 3 is 2.80 bits per heavy atom. The summed E-state index contributed by atoms with van der Waals surface area (Å²) in [6, 6.07) is 3.52. The van der Waals surface area contributed by atoms with Crippen LogP contribution in [-0.4, -0.2) is 18.5 Å². The second kappa shape index (κ2) is 5.72. The van der Waals surface area contributed by atoms with E-state index in [0.717, 1.165) is 4.88 Å². The van der Waals surface area contributed by atoms with Crippen molar-refractivity contribution in [3.63, 3.8) is 0 Å². The Bertz CT molecular complexity index is 364. The number of halogens is 1. The molecule has 0 aliphatic heterocycles. The van der Waals surface area contributed by atoms with Crippen molar-refractivity contribution in [3.05, 3.63) is 21.3 Å². The first kappa shape index (κ1) is 12.0. The maximum Gasteiger partial charge on any atom is 0.396 e. The summed E-state index contributed by atoms with van der Waals surface area (Å²) in [6.07, 6.45) is 0. The van der Waals surface area contributed by atoms with E-state index in [9.17, 15) is 9.59 Å². The van der Waals surface area contributed by atoms with Gasteiger partial charge in [-0.05, 0) is 19.1 Å². The van der Waals surface area contributed by atoms with Gasteiger partial charge in [-0.2, -0.15) is 0 Å². The van der Waals surface area contributed by atoms with Gasteiger partial charge in [-0.15, -0.1) is 11.3 Å². The molecule has 0 unspecified atom stereocenters. The Kier molecular flexibility index (Phi) is 4.58. The summed E-state index contributed by atoms with van der Waals surface area (Å²) in [5.41, 5.74) is 0. The summed E-state index contributed by atoms with van der Waals surface area (Å²) >= 11 is 7.06. The molecule has 6 heteroatoms. The van der Waals surface area contributed by atoms with Gasteiger partial charge in [0.15, 0.2) is 0 Å². The predicted molar refractivity (Wildman–Crippen MR) is 57.8 cm³/mol. The van der Waals surface area contributed by atoms with Crippen LogP contribution in [0.25, 0.3) is 0 Å². The Balaban J connectivity index is 2.37. The van der Waals surface area contributed by atoms with Crippen molar-refractivity contribution in [2.75, 3.05) is 6.61 Å². The Hall–Kier alpha value is -1.07. The lowest BCUT2D eigenvalue weighted by Gasteiger charge is -2.02. The summed E-state index contributed by atoms with van der Waals surface area (Å²) in [7, 11) is 0. The van der Waals surface area contributed by atoms with E-state index in [1.807, 2.05) is 0 Å². The molecular weight excluding hydrogens is 238 g/mol. The SMILES string of the molecule is CCOC(=O)C(=O)NCc1ccc(Cl)s1. The third-order valence-corrected chi connectivity index (χ3v) is 2.74. The van der Waals surface area contributed by atoms with Crippen LogP contribution in [0.3, 0.4) is 0 Å². The molecule has 1 rings (SSSR count). The zero-order valence-corrected chi connectivity index (χ0v) is 9.65. The van der Waals surface area contributed by atoms with Gasteiger partial charge in [0.2, 0.25) is 0 Å². The van der Waals surface area contributed by atoms with Gasteiger partial charge in [-0.1, -0.05) is 11.6 Å². The number of carbonyl (C=O) groups is 2. The van der Waals surface area contributed by atoms with E-state index in [4.69, 9.17) is 11.6 Å². The predicted octanol–water partition coefficient (Wildman–Crippen LogP) is 1.58. The van der Waals surface area contributed by atoms with Crippen LogP contribution in [0.1, 0.15) is 11.8 Å². The molecule has 0 spiro atoms. The normalized spacial score (nSPS) is 9.73. The molecule has 15 heavy (non-hydrogen) atoms. The van der Waals surface area contributed by atoms with Crippen molar-refractivity contribution >= 4 is 34.8 Å². The van der Waals surface area contributed by atoms with Crippen molar-refractivity contribution in [1.82, 2.24) is 5.32 Å². The fourth-order valence-corrected chi connectivity index (χ4v) is 1.91. The minimum absolute atomic E-state index is 0.192. The lowest BCUT2D eigenvalue weighted by molar-refractivity contribution is -0.154. The average Bonchev–Trinajstić information content (AvgIpc) is 2.61. The topological polar surface area (TPSA) is 55.4 Å². The van der Waals surface area contributed by atoms with Gasteiger partial charge < -0.3 is 10.1 Å². The van der Waals surface area contributed by atoms with E-state index in [1.165, 1.54) is 11.3 Å². The van der Waals surface area contributed by atoms with Crippen molar-refractivity contribution in [1.29, 1.82) is 0 Å². The van der Waals surface area contributed by atoms with Crippen molar-refractivity contribution in [2.45, 2.75) is 13.5 Å². The second-order valence-electron chi connectivity index (χ2n) is 2.61. The molecule has 0 radical (unpaired) electrons. The zero-order chi connectivity index (χ0) is 11.3. The van der Waals surface area contributed by atoms with Gasteiger partial charge in [-0.25, -0.2) is 4.79 Å². The molecule has 1 N–H and O–H groups in total. The quantitative estimate of drug-likeness (QED) is 0.652. The van der Waals surface area contributed by atoms with Gasteiger partial charge >= 0.3 is 11.9 Å². The van der Waals surface area contributed by atoms with Gasteiger partial charge in [0.25, 0.3) is 0 Å². The van der Waals surface area contributed by atoms with Crippen LogP contribution in [-0.2, 0) is 20.9 Å². The van der Waals surface area contributed by atoms with Crippen LogP contribution in [0, 0.1) is 0 Å². The molecule has 0 saturated heterocycles. The number of nitrogens with one attached hydrogen (secondary N) is 1. The Morgan fingerprint density at radius 2 is 2.27 bits per heavy atom. The standard InChI is InChI=1S/C9H10ClNO3S/c1-2-14-9(13)8(12)11-5-6-3-4-7(10)15-6/h3-4H,2,5H2,1H3,(H,11,12). The lowest BCUT2D eigenvalue weighted by Crippen LogP contribution is -2.31. The van der Waals surface area contributed by atoms with E-state index in [0.29, 0.717) is 4.34 Å². The highest BCUT2D eigenvalue weighted by molar-refractivity contribution is 7.16. The molecule has 0 bridgehead atoms. The summed E-state index contributed by atoms with van der Waals surface area (Å²) in [4.78, 5) is 22.9. The van der Waals surface area contributed by atoms with Crippen LogP contribution in [0.2, 0.25) is 4.34 Å². The van der Waals surface area contributed by atoms with Gasteiger partial charge in [0.05, 0.1) is 17.5 Å². The number of thiophene rings is 1. The second-order valence-corrected chi connectivity index (χ2v) is 4.41.